The summed E-state index contributed by atoms with van der Waals surface area (Å²) in [5, 5.41) is 10.3. The van der Waals surface area contributed by atoms with Gasteiger partial charge in [-0.15, -0.1) is 0 Å². The van der Waals surface area contributed by atoms with Crippen molar-refractivity contribution in [1.29, 1.82) is 0 Å². The first-order valence-electron chi connectivity index (χ1n) is 8.98. The van der Waals surface area contributed by atoms with Crippen molar-refractivity contribution in [3.05, 3.63) is 59.7 Å². The summed E-state index contributed by atoms with van der Waals surface area (Å²) in [5.74, 6) is 0.526. The Balaban J connectivity index is 1.93. The van der Waals surface area contributed by atoms with Crippen molar-refractivity contribution in [3.8, 4) is 11.5 Å². The minimum Gasteiger partial charge on any atom is -0.497 e. The average molecular weight is 379 g/mol. The van der Waals surface area contributed by atoms with Gasteiger partial charge in [0, 0.05) is 31.3 Å². The van der Waals surface area contributed by atoms with E-state index in [-0.39, 0.29) is 6.61 Å². The zero-order chi connectivity index (χ0) is 19.8. The predicted octanol–water partition coefficient (Wildman–Crippen LogP) is 3.87. The number of nitrogens with zero attached hydrogens (tertiary/aromatic N) is 1. The summed E-state index contributed by atoms with van der Waals surface area (Å²) < 4.78 is 37.7. The van der Waals surface area contributed by atoms with Crippen LogP contribution < -0.4 is 9.47 Å². The lowest BCUT2D eigenvalue weighted by molar-refractivity contribution is 0.0611. The van der Waals surface area contributed by atoms with Crippen LogP contribution in [-0.2, 0) is 6.54 Å². The van der Waals surface area contributed by atoms with Crippen LogP contribution in [0, 0.1) is 17.6 Å². The van der Waals surface area contributed by atoms with Gasteiger partial charge in [-0.25, -0.2) is 8.78 Å². The van der Waals surface area contributed by atoms with Crippen LogP contribution in [0.25, 0.3) is 0 Å². The lowest BCUT2D eigenvalue weighted by atomic mass is 10.1. The maximum atomic E-state index is 14.0. The van der Waals surface area contributed by atoms with E-state index in [2.05, 4.69) is 0 Å². The number of hydrogen-bond acceptors (Lipinski definition) is 4. The first-order valence-corrected chi connectivity index (χ1v) is 8.98. The highest BCUT2D eigenvalue weighted by atomic mass is 19.1. The molecule has 0 bridgehead atoms. The van der Waals surface area contributed by atoms with E-state index < -0.39 is 17.7 Å². The molecule has 2 rings (SSSR count). The summed E-state index contributed by atoms with van der Waals surface area (Å²) in [6.45, 7) is 5.51. The number of rotatable bonds is 10. The van der Waals surface area contributed by atoms with E-state index in [1.165, 1.54) is 12.1 Å². The second-order valence-corrected chi connectivity index (χ2v) is 6.96. The standard InChI is InChI=1S/C21H27F2NO3/c1-15(2)11-24(12-16-4-5-17(22)10-21(16)23)13-18(25)14-27-20-8-6-19(26-3)7-9-20/h4-10,15,18,25H,11-14H2,1-3H3/t18-/m1/s1. The first kappa shape index (κ1) is 21.1. The van der Waals surface area contributed by atoms with E-state index in [1.807, 2.05) is 18.7 Å². The van der Waals surface area contributed by atoms with Gasteiger partial charge in [0.1, 0.15) is 35.8 Å². The van der Waals surface area contributed by atoms with E-state index in [0.29, 0.717) is 36.9 Å². The molecule has 0 unspecified atom stereocenters. The Morgan fingerprint density at radius 1 is 1.00 bits per heavy atom. The summed E-state index contributed by atoms with van der Waals surface area (Å²) in [7, 11) is 1.59. The van der Waals surface area contributed by atoms with E-state index >= 15 is 0 Å². The molecule has 0 aromatic heterocycles. The number of benzene rings is 2. The van der Waals surface area contributed by atoms with Gasteiger partial charge in [-0.2, -0.15) is 0 Å². The van der Waals surface area contributed by atoms with Crippen molar-refractivity contribution < 1.29 is 23.4 Å². The number of aliphatic hydroxyl groups is 1. The Morgan fingerprint density at radius 3 is 2.26 bits per heavy atom. The van der Waals surface area contributed by atoms with Crippen molar-refractivity contribution in [2.75, 3.05) is 26.8 Å². The molecule has 0 spiro atoms. The minimum absolute atomic E-state index is 0.118. The van der Waals surface area contributed by atoms with E-state index in [4.69, 9.17) is 9.47 Å². The molecule has 0 amide bonds. The summed E-state index contributed by atoms with van der Waals surface area (Å²) in [6, 6.07) is 10.7. The van der Waals surface area contributed by atoms with Crippen molar-refractivity contribution in [2.45, 2.75) is 26.5 Å². The third-order valence-electron chi connectivity index (χ3n) is 4.00. The highest BCUT2D eigenvalue weighted by molar-refractivity contribution is 5.31. The molecule has 0 aliphatic heterocycles. The summed E-state index contributed by atoms with van der Waals surface area (Å²) in [5.41, 5.74) is 0.403. The van der Waals surface area contributed by atoms with Gasteiger partial charge in [0.25, 0.3) is 0 Å². The van der Waals surface area contributed by atoms with Gasteiger partial charge in [-0.3, -0.25) is 4.90 Å². The predicted molar refractivity (Wildman–Crippen MR) is 101 cm³/mol. The minimum atomic E-state index is -0.741. The topological polar surface area (TPSA) is 41.9 Å². The van der Waals surface area contributed by atoms with Gasteiger partial charge in [0.05, 0.1) is 7.11 Å². The second-order valence-electron chi connectivity index (χ2n) is 6.96. The van der Waals surface area contributed by atoms with Crippen LogP contribution in [0.5, 0.6) is 11.5 Å². The molecule has 1 atom stereocenters. The van der Waals surface area contributed by atoms with Gasteiger partial charge in [0.2, 0.25) is 0 Å². The summed E-state index contributed by atoms with van der Waals surface area (Å²) >= 11 is 0. The maximum absolute atomic E-state index is 14.0. The lowest BCUT2D eigenvalue weighted by Gasteiger charge is -2.27. The fourth-order valence-corrected chi connectivity index (χ4v) is 2.83. The lowest BCUT2D eigenvalue weighted by Crippen LogP contribution is -2.37. The van der Waals surface area contributed by atoms with Crippen LogP contribution in [0.1, 0.15) is 19.4 Å². The monoisotopic (exact) mass is 379 g/mol. The first-order chi connectivity index (χ1) is 12.9. The van der Waals surface area contributed by atoms with Gasteiger partial charge in [0.15, 0.2) is 0 Å². The Labute approximate surface area is 159 Å². The maximum Gasteiger partial charge on any atom is 0.130 e. The van der Waals surface area contributed by atoms with Crippen LogP contribution in [0.2, 0.25) is 0 Å². The van der Waals surface area contributed by atoms with Crippen molar-refractivity contribution in [2.24, 2.45) is 5.92 Å². The molecule has 0 heterocycles. The van der Waals surface area contributed by atoms with Gasteiger partial charge < -0.3 is 14.6 Å². The van der Waals surface area contributed by atoms with Crippen molar-refractivity contribution in [1.82, 2.24) is 4.90 Å². The Hall–Kier alpha value is -2.18. The zero-order valence-corrected chi connectivity index (χ0v) is 16.0. The molecule has 1 N–H and O–H groups in total. The molecule has 2 aromatic carbocycles. The molecule has 0 aliphatic rings. The molecule has 27 heavy (non-hydrogen) atoms. The van der Waals surface area contributed by atoms with E-state index in [9.17, 15) is 13.9 Å². The summed E-state index contributed by atoms with van der Waals surface area (Å²) in [6.07, 6.45) is -0.741. The molecule has 148 valence electrons. The molecular weight excluding hydrogens is 352 g/mol. The number of aliphatic hydroxyl groups excluding tert-OH is 1. The molecular formula is C21H27F2NO3. The molecule has 4 nitrogen and oxygen atoms in total. The number of halogens is 2. The van der Waals surface area contributed by atoms with E-state index in [0.717, 1.165) is 11.8 Å². The molecule has 0 radical (unpaired) electrons. The van der Waals surface area contributed by atoms with Crippen LogP contribution in [-0.4, -0.2) is 42.9 Å². The molecule has 6 heteroatoms. The number of methoxy groups -OCH3 is 1. The summed E-state index contributed by atoms with van der Waals surface area (Å²) in [4.78, 5) is 1.95. The van der Waals surface area contributed by atoms with Gasteiger partial charge >= 0.3 is 0 Å². The molecule has 0 saturated heterocycles. The molecule has 0 saturated carbocycles. The van der Waals surface area contributed by atoms with Crippen LogP contribution in [0.3, 0.4) is 0 Å². The van der Waals surface area contributed by atoms with Gasteiger partial charge in [-0.05, 0) is 36.2 Å². The highest BCUT2D eigenvalue weighted by Crippen LogP contribution is 2.18. The Morgan fingerprint density at radius 2 is 1.67 bits per heavy atom. The van der Waals surface area contributed by atoms with Crippen molar-refractivity contribution in [3.63, 3.8) is 0 Å². The highest BCUT2D eigenvalue weighted by Gasteiger charge is 2.16. The molecule has 0 aliphatic carbocycles. The fraction of sp³-hybridized carbons (Fsp3) is 0.429. The third-order valence-corrected chi connectivity index (χ3v) is 4.00. The second kappa shape index (κ2) is 10.2. The van der Waals surface area contributed by atoms with Crippen molar-refractivity contribution >= 4 is 0 Å². The zero-order valence-electron chi connectivity index (χ0n) is 16.0. The average Bonchev–Trinajstić information content (AvgIpc) is 2.62. The van der Waals surface area contributed by atoms with Gasteiger partial charge in [-0.1, -0.05) is 19.9 Å². The van der Waals surface area contributed by atoms with Crippen LogP contribution in [0.15, 0.2) is 42.5 Å². The van der Waals surface area contributed by atoms with Crippen LogP contribution >= 0.6 is 0 Å². The third kappa shape index (κ3) is 7.15. The largest absolute Gasteiger partial charge is 0.497 e. The number of hydrogen-bond donors (Lipinski definition) is 1. The van der Waals surface area contributed by atoms with E-state index in [1.54, 1.807) is 31.4 Å². The SMILES string of the molecule is COc1ccc(OC[C@H](O)CN(Cc2ccc(F)cc2F)CC(C)C)cc1. The smallest absolute Gasteiger partial charge is 0.130 e. The fourth-order valence-electron chi connectivity index (χ4n) is 2.83. The number of ether oxygens (including phenoxy) is 2. The van der Waals surface area contributed by atoms with Crippen LogP contribution in [0.4, 0.5) is 8.78 Å². The normalized spacial score (nSPS) is 12.4. The quantitative estimate of drug-likeness (QED) is 0.680. The Bertz CT molecular complexity index is 707. The molecule has 2 aromatic rings. The molecule has 0 fully saturated rings. The Kier molecular flexibility index (Phi) is 8.00.